The van der Waals surface area contributed by atoms with Crippen LogP contribution in [0.4, 0.5) is 11.9 Å². The van der Waals surface area contributed by atoms with E-state index in [1.807, 2.05) is 0 Å². The van der Waals surface area contributed by atoms with Gasteiger partial charge in [-0.1, -0.05) is 5.21 Å². The molecule has 2 aromatic rings. The van der Waals surface area contributed by atoms with E-state index in [-0.39, 0.29) is 11.9 Å². The third-order valence-electron chi connectivity index (χ3n) is 2.01. The second-order valence-electron chi connectivity index (χ2n) is 3.41. The van der Waals surface area contributed by atoms with E-state index in [0.29, 0.717) is 25.3 Å². The fraction of sp³-hybridized carbons (Fsp3) is 0.375. The summed E-state index contributed by atoms with van der Waals surface area (Å²) in [6, 6.07) is 0. The lowest BCUT2D eigenvalue weighted by atomic mass is 10.3. The fourth-order valence-electron chi connectivity index (χ4n) is 1.35. The molecule has 17 heavy (non-hydrogen) atoms. The van der Waals surface area contributed by atoms with Gasteiger partial charge in [-0.3, -0.25) is 0 Å². The van der Waals surface area contributed by atoms with Crippen LogP contribution < -0.4 is 17.2 Å². The van der Waals surface area contributed by atoms with Gasteiger partial charge in [-0.05, 0) is 6.54 Å². The first-order chi connectivity index (χ1) is 8.17. The molecule has 0 bridgehead atoms. The zero-order chi connectivity index (χ0) is 12.3. The van der Waals surface area contributed by atoms with Crippen LogP contribution in [0.5, 0.6) is 0 Å². The van der Waals surface area contributed by atoms with Crippen LogP contribution in [0.2, 0.25) is 0 Å². The molecule has 6 N–H and O–H groups in total. The average molecular weight is 235 g/mol. The normalized spacial score (nSPS) is 10.6. The second-order valence-corrected chi connectivity index (χ2v) is 3.41. The largest absolute Gasteiger partial charge is 0.368 e. The molecule has 2 aromatic heterocycles. The van der Waals surface area contributed by atoms with Crippen molar-refractivity contribution in [1.29, 1.82) is 0 Å². The van der Waals surface area contributed by atoms with Crippen LogP contribution in [0.3, 0.4) is 0 Å². The van der Waals surface area contributed by atoms with Gasteiger partial charge in [-0.2, -0.15) is 15.0 Å². The van der Waals surface area contributed by atoms with E-state index in [1.165, 1.54) is 0 Å². The molecule has 0 aliphatic rings. The Kier molecular flexibility index (Phi) is 3.10. The first-order valence-electron chi connectivity index (χ1n) is 5.02. The second kappa shape index (κ2) is 4.70. The molecule has 0 saturated carbocycles. The van der Waals surface area contributed by atoms with Gasteiger partial charge in [0.15, 0.2) is 5.82 Å². The lowest BCUT2D eigenvalue weighted by molar-refractivity contribution is 0.623. The Bertz CT molecular complexity index is 485. The molecule has 0 radical (unpaired) electrons. The van der Waals surface area contributed by atoms with Gasteiger partial charge in [-0.25, -0.2) is 4.68 Å². The Morgan fingerprint density at radius 2 is 1.82 bits per heavy atom. The third kappa shape index (κ3) is 2.84. The van der Waals surface area contributed by atoms with Gasteiger partial charge in [-0.15, -0.1) is 5.10 Å². The monoisotopic (exact) mass is 235 g/mol. The number of rotatable bonds is 4. The van der Waals surface area contributed by atoms with Gasteiger partial charge >= 0.3 is 0 Å². The fourth-order valence-corrected chi connectivity index (χ4v) is 1.35. The van der Waals surface area contributed by atoms with Crippen molar-refractivity contribution in [2.75, 3.05) is 18.0 Å². The molecule has 0 aliphatic carbocycles. The number of aromatic nitrogens is 6. The smallest absolute Gasteiger partial charge is 0.225 e. The number of hydrogen-bond donors (Lipinski definition) is 3. The summed E-state index contributed by atoms with van der Waals surface area (Å²) in [5, 5.41) is 7.86. The van der Waals surface area contributed by atoms with Crippen LogP contribution in [0, 0.1) is 0 Å². The molecule has 2 heterocycles. The van der Waals surface area contributed by atoms with Gasteiger partial charge in [0.2, 0.25) is 11.9 Å². The van der Waals surface area contributed by atoms with Crippen LogP contribution >= 0.6 is 0 Å². The molecule has 0 spiro atoms. The SMILES string of the molecule is NCCc1cn(Cc2nc(N)nc(N)n2)nn1. The Labute approximate surface area is 97.1 Å². The molecule has 0 saturated heterocycles. The van der Waals surface area contributed by atoms with Crippen LogP contribution in [0.15, 0.2) is 6.20 Å². The quantitative estimate of drug-likeness (QED) is 0.560. The van der Waals surface area contributed by atoms with Gasteiger partial charge in [0.05, 0.1) is 5.69 Å². The van der Waals surface area contributed by atoms with Crippen LogP contribution in [0.25, 0.3) is 0 Å². The predicted molar refractivity (Wildman–Crippen MR) is 60.5 cm³/mol. The molecule has 9 nitrogen and oxygen atoms in total. The van der Waals surface area contributed by atoms with Crippen molar-refractivity contribution in [2.45, 2.75) is 13.0 Å². The first-order valence-corrected chi connectivity index (χ1v) is 5.02. The summed E-state index contributed by atoms with van der Waals surface area (Å²) in [5.74, 6) is 0.629. The van der Waals surface area contributed by atoms with Crippen LogP contribution in [-0.4, -0.2) is 36.5 Å². The standard InChI is InChI=1S/C8H13N9/c9-2-1-5-3-17(16-15-5)4-6-12-7(10)14-8(11)13-6/h3H,1-2,4,9H2,(H4,10,11,12,13,14). The molecule has 0 fully saturated rings. The molecule has 9 heteroatoms. The predicted octanol–water partition coefficient (Wildman–Crippen LogP) is -1.82. The van der Waals surface area contributed by atoms with E-state index >= 15 is 0 Å². The molecule has 0 aromatic carbocycles. The van der Waals surface area contributed by atoms with E-state index in [0.717, 1.165) is 5.69 Å². The molecule has 90 valence electrons. The maximum Gasteiger partial charge on any atom is 0.225 e. The van der Waals surface area contributed by atoms with Crippen molar-refractivity contribution >= 4 is 11.9 Å². The molecular formula is C8H13N9. The minimum atomic E-state index is 0.0924. The van der Waals surface area contributed by atoms with E-state index in [2.05, 4.69) is 25.3 Å². The van der Waals surface area contributed by atoms with Gasteiger partial charge in [0.25, 0.3) is 0 Å². The molecule has 0 unspecified atom stereocenters. The van der Waals surface area contributed by atoms with E-state index in [1.54, 1.807) is 10.9 Å². The van der Waals surface area contributed by atoms with Gasteiger partial charge in [0.1, 0.15) is 6.54 Å². The van der Waals surface area contributed by atoms with Crippen molar-refractivity contribution in [3.63, 3.8) is 0 Å². The van der Waals surface area contributed by atoms with Gasteiger partial charge in [0, 0.05) is 12.6 Å². The summed E-state index contributed by atoms with van der Waals surface area (Å²) in [6.45, 7) is 0.874. The van der Waals surface area contributed by atoms with Crippen molar-refractivity contribution in [3.05, 3.63) is 17.7 Å². The highest BCUT2D eigenvalue weighted by Gasteiger charge is 2.05. The van der Waals surface area contributed by atoms with Crippen molar-refractivity contribution in [3.8, 4) is 0 Å². The van der Waals surface area contributed by atoms with Crippen LogP contribution in [-0.2, 0) is 13.0 Å². The number of anilines is 2. The lowest BCUT2D eigenvalue weighted by Crippen LogP contribution is -2.10. The maximum atomic E-state index is 5.46. The zero-order valence-electron chi connectivity index (χ0n) is 9.11. The Balaban J connectivity index is 2.13. The van der Waals surface area contributed by atoms with Crippen molar-refractivity contribution in [1.82, 2.24) is 29.9 Å². The maximum absolute atomic E-state index is 5.46. The highest BCUT2D eigenvalue weighted by Crippen LogP contribution is 2.01. The van der Waals surface area contributed by atoms with Crippen LogP contribution in [0.1, 0.15) is 11.5 Å². The van der Waals surface area contributed by atoms with Crippen molar-refractivity contribution in [2.24, 2.45) is 5.73 Å². The highest BCUT2D eigenvalue weighted by atomic mass is 15.4. The Morgan fingerprint density at radius 1 is 1.12 bits per heavy atom. The zero-order valence-corrected chi connectivity index (χ0v) is 9.11. The minimum absolute atomic E-state index is 0.0924. The number of nitrogens with zero attached hydrogens (tertiary/aromatic N) is 6. The van der Waals surface area contributed by atoms with Crippen molar-refractivity contribution < 1.29 is 0 Å². The lowest BCUT2D eigenvalue weighted by Gasteiger charge is -2.01. The Hall–Kier alpha value is -2.29. The third-order valence-corrected chi connectivity index (χ3v) is 2.01. The first kappa shape index (κ1) is 11.2. The minimum Gasteiger partial charge on any atom is -0.368 e. The van der Waals surface area contributed by atoms with E-state index in [4.69, 9.17) is 17.2 Å². The highest BCUT2D eigenvalue weighted by molar-refractivity contribution is 5.25. The van der Waals surface area contributed by atoms with Gasteiger partial charge < -0.3 is 17.2 Å². The van der Waals surface area contributed by atoms with E-state index < -0.39 is 0 Å². The Morgan fingerprint density at radius 3 is 2.47 bits per heavy atom. The van der Waals surface area contributed by atoms with E-state index in [9.17, 15) is 0 Å². The summed E-state index contributed by atoms with van der Waals surface area (Å²) in [4.78, 5) is 11.6. The molecule has 0 atom stereocenters. The number of hydrogen-bond acceptors (Lipinski definition) is 8. The summed E-state index contributed by atoms with van der Waals surface area (Å²) in [7, 11) is 0. The summed E-state index contributed by atoms with van der Waals surface area (Å²) in [6.07, 6.45) is 2.46. The summed E-state index contributed by atoms with van der Waals surface area (Å²) >= 11 is 0. The topological polar surface area (TPSA) is 147 Å². The molecular weight excluding hydrogens is 222 g/mol. The molecule has 2 rings (SSSR count). The molecule has 0 amide bonds. The summed E-state index contributed by atoms with van der Waals surface area (Å²) in [5.41, 5.74) is 17.2. The number of nitrogens with two attached hydrogens (primary N) is 3. The number of nitrogen functional groups attached to an aromatic ring is 2. The summed E-state index contributed by atoms with van der Waals surface area (Å²) < 4.78 is 1.60. The molecule has 0 aliphatic heterocycles. The average Bonchev–Trinajstić information content (AvgIpc) is 2.64.